The Bertz CT molecular complexity index is 815. The second kappa shape index (κ2) is 5.90. The van der Waals surface area contributed by atoms with E-state index in [0.717, 1.165) is 16.6 Å². The highest BCUT2D eigenvalue weighted by molar-refractivity contribution is 6.30. The summed E-state index contributed by atoms with van der Waals surface area (Å²) in [5, 5.41) is 18.3. The standard InChI is InChI=1S/C15H16ClN5O/c1-9-3-4-11(16)5-13(9)21-15-12(7-20-21)14(18-8-19-15)17-6-10(2)22/h3-5,7-8,10,22H,6H2,1-2H3,(H,17,18,19). The van der Waals surface area contributed by atoms with E-state index in [1.165, 1.54) is 6.33 Å². The zero-order valence-electron chi connectivity index (χ0n) is 12.3. The van der Waals surface area contributed by atoms with E-state index in [9.17, 15) is 5.11 Å². The minimum Gasteiger partial charge on any atom is -0.392 e. The third-order valence-electron chi connectivity index (χ3n) is 3.33. The van der Waals surface area contributed by atoms with Gasteiger partial charge in [-0.15, -0.1) is 0 Å². The molecule has 22 heavy (non-hydrogen) atoms. The first kappa shape index (κ1) is 14.7. The summed E-state index contributed by atoms with van der Waals surface area (Å²) < 4.78 is 1.74. The number of fused-ring (bicyclic) bond motifs is 1. The maximum Gasteiger partial charge on any atom is 0.168 e. The third kappa shape index (κ3) is 2.75. The molecule has 1 aromatic carbocycles. The Kier molecular flexibility index (Phi) is 3.96. The lowest BCUT2D eigenvalue weighted by Gasteiger charge is -2.09. The van der Waals surface area contributed by atoms with E-state index < -0.39 is 6.10 Å². The lowest BCUT2D eigenvalue weighted by Crippen LogP contribution is -2.16. The molecule has 0 fully saturated rings. The van der Waals surface area contributed by atoms with Crippen LogP contribution in [0.25, 0.3) is 16.7 Å². The van der Waals surface area contributed by atoms with Crippen molar-refractivity contribution in [1.82, 2.24) is 19.7 Å². The molecule has 0 amide bonds. The van der Waals surface area contributed by atoms with Gasteiger partial charge in [-0.05, 0) is 31.5 Å². The molecule has 1 unspecified atom stereocenters. The summed E-state index contributed by atoms with van der Waals surface area (Å²) in [5.41, 5.74) is 2.61. The summed E-state index contributed by atoms with van der Waals surface area (Å²) >= 11 is 6.09. The van der Waals surface area contributed by atoms with Crippen LogP contribution in [0.15, 0.2) is 30.7 Å². The largest absolute Gasteiger partial charge is 0.392 e. The van der Waals surface area contributed by atoms with Crippen molar-refractivity contribution in [3.8, 4) is 5.69 Å². The fourth-order valence-corrected chi connectivity index (χ4v) is 2.38. The molecule has 1 atom stereocenters. The van der Waals surface area contributed by atoms with Crippen molar-refractivity contribution in [3.63, 3.8) is 0 Å². The first-order valence-electron chi connectivity index (χ1n) is 6.93. The van der Waals surface area contributed by atoms with Crippen LogP contribution < -0.4 is 5.32 Å². The molecule has 0 saturated carbocycles. The highest BCUT2D eigenvalue weighted by atomic mass is 35.5. The molecule has 2 N–H and O–H groups in total. The number of anilines is 1. The van der Waals surface area contributed by atoms with Crippen LogP contribution in [0.2, 0.25) is 5.02 Å². The highest BCUT2D eigenvalue weighted by Gasteiger charge is 2.13. The van der Waals surface area contributed by atoms with Crippen LogP contribution in [0.5, 0.6) is 0 Å². The Morgan fingerprint density at radius 2 is 2.18 bits per heavy atom. The van der Waals surface area contributed by atoms with Crippen molar-refractivity contribution in [3.05, 3.63) is 41.3 Å². The van der Waals surface area contributed by atoms with Crippen molar-refractivity contribution >= 4 is 28.5 Å². The van der Waals surface area contributed by atoms with Gasteiger partial charge in [-0.25, -0.2) is 14.6 Å². The summed E-state index contributed by atoms with van der Waals surface area (Å²) in [6.07, 6.45) is 2.72. The molecule has 0 aliphatic carbocycles. The average molecular weight is 318 g/mol. The van der Waals surface area contributed by atoms with E-state index in [1.54, 1.807) is 17.8 Å². The van der Waals surface area contributed by atoms with Gasteiger partial charge in [0.1, 0.15) is 12.1 Å². The monoisotopic (exact) mass is 317 g/mol. The molecule has 0 spiro atoms. The van der Waals surface area contributed by atoms with Gasteiger partial charge in [-0.3, -0.25) is 0 Å². The summed E-state index contributed by atoms with van der Waals surface area (Å²) in [7, 11) is 0. The third-order valence-corrected chi connectivity index (χ3v) is 3.57. The Morgan fingerprint density at radius 3 is 2.95 bits per heavy atom. The van der Waals surface area contributed by atoms with Gasteiger partial charge in [-0.2, -0.15) is 5.10 Å². The van der Waals surface area contributed by atoms with Gasteiger partial charge in [0.25, 0.3) is 0 Å². The predicted octanol–water partition coefficient (Wildman–Crippen LogP) is 2.57. The molecule has 3 aromatic rings. The van der Waals surface area contributed by atoms with Crippen molar-refractivity contribution in [2.24, 2.45) is 0 Å². The molecular formula is C15H16ClN5O. The molecule has 6 nitrogen and oxygen atoms in total. The van der Waals surface area contributed by atoms with Crippen molar-refractivity contribution < 1.29 is 5.11 Å². The van der Waals surface area contributed by atoms with Crippen LogP contribution in [0.4, 0.5) is 5.82 Å². The minimum absolute atomic E-state index is 0.410. The number of rotatable bonds is 4. The fourth-order valence-electron chi connectivity index (χ4n) is 2.22. The molecule has 2 heterocycles. The molecule has 3 rings (SSSR count). The number of aryl methyl sites for hydroxylation is 1. The molecule has 114 valence electrons. The van der Waals surface area contributed by atoms with Gasteiger partial charge in [0, 0.05) is 11.6 Å². The first-order chi connectivity index (χ1) is 10.6. The molecule has 7 heteroatoms. The Morgan fingerprint density at radius 1 is 1.36 bits per heavy atom. The molecule has 0 radical (unpaired) electrons. The van der Waals surface area contributed by atoms with E-state index in [1.807, 2.05) is 25.1 Å². The van der Waals surface area contributed by atoms with Crippen LogP contribution in [0, 0.1) is 6.92 Å². The van der Waals surface area contributed by atoms with Crippen molar-refractivity contribution in [2.75, 3.05) is 11.9 Å². The zero-order valence-corrected chi connectivity index (χ0v) is 13.0. The SMILES string of the molecule is Cc1ccc(Cl)cc1-n1ncc2c(NCC(C)O)ncnc21. The van der Waals surface area contributed by atoms with Crippen molar-refractivity contribution in [2.45, 2.75) is 20.0 Å². The van der Waals surface area contributed by atoms with Crippen LogP contribution in [0.3, 0.4) is 0 Å². The minimum atomic E-state index is -0.463. The fraction of sp³-hybridized carbons (Fsp3) is 0.267. The van der Waals surface area contributed by atoms with Crippen LogP contribution in [-0.2, 0) is 0 Å². The Hall–Kier alpha value is -2.18. The number of nitrogens with one attached hydrogen (secondary N) is 1. The zero-order chi connectivity index (χ0) is 15.7. The topological polar surface area (TPSA) is 75.9 Å². The van der Waals surface area contributed by atoms with Gasteiger partial charge in [0.05, 0.1) is 23.4 Å². The maximum atomic E-state index is 9.39. The second-order valence-corrected chi connectivity index (χ2v) is 5.61. The normalized spacial score (nSPS) is 12.5. The highest BCUT2D eigenvalue weighted by Crippen LogP contribution is 2.25. The maximum absolute atomic E-state index is 9.39. The molecule has 0 saturated heterocycles. The van der Waals surface area contributed by atoms with E-state index in [2.05, 4.69) is 20.4 Å². The molecule has 0 bridgehead atoms. The van der Waals surface area contributed by atoms with Crippen LogP contribution in [0.1, 0.15) is 12.5 Å². The molecule has 0 aliphatic heterocycles. The summed E-state index contributed by atoms with van der Waals surface area (Å²) in [4.78, 5) is 8.53. The Labute approximate surface area is 132 Å². The lowest BCUT2D eigenvalue weighted by atomic mass is 10.2. The number of hydrogen-bond acceptors (Lipinski definition) is 5. The number of aliphatic hydroxyl groups is 1. The molecule has 2 aromatic heterocycles. The second-order valence-electron chi connectivity index (χ2n) is 5.18. The van der Waals surface area contributed by atoms with Gasteiger partial charge in [0.2, 0.25) is 0 Å². The van der Waals surface area contributed by atoms with Gasteiger partial charge >= 0.3 is 0 Å². The van der Waals surface area contributed by atoms with Crippen LogP contribution in [-0.4, -0.2) is 37.5 Å². The number of nitrogens with zero attached hydrogens (tertiary/aromatic N) is 4. The van der Waals surface area contributed by atoms with E-state index in [4.69, 9.17) is 11.6 Å². The number of aromatic nitrogens is 4. The first-order valence-corrected chi connectivity index (χ1v) is 7.31. The van der Waals surface area contributed by atoms with Crippen molar-refractivity contribution in [1.29, 1.82) is 0 Å². The summed E-state index contributed by atoms with van der Waals surface area (Å²) in [5.74, 6) is 0.650. The number of benzene rings is 1. The summed E-state index contributed by atoms with van der Waals surface area (Å²) in [6, 6.07) is 5.64. The quantitative estimate of drug-likeness (QED) is 0.773. The number of halogens is 1. The Balaban J connectivity index is 2.09. The summed E-state index contributed by atoms with van der Waals surface area (Å²) in [6.45, 7) is 4.12. The predicted molar refractivity (Wildman–Crippen MR) is 86.6 cm³/mol. The number of hydrogen-bond donors (Lipinski definition) is 2. The van der Waals surface area contributed by atoms with Gasteiger partial charge in [-0.1, -0.05) is 17.7 Å². The molecular weight excluding hydrogens is 302 g/mol. The van der Waals surface area contributed by atoms with Gasteiger partial charge in [0.15, 0.2) is 5.65 Å². The smallest absolute Gasteiger partial charge is 0.168 e. The average Bonchev–Trinajstić information content (AvgIpc) is 2.92. The van der Waals surface area contributed by atoms with E-state index in [0.29, 0.717) is 23.0 Å². The van der Waals surface area contributed by atoms with E-state index in [-0.39, 0.29) is 0 Å². The van der Waals surface area contributed by atoms with E-state index >= 15 is 0 Å². The lowest BCUT2D eigenvalue weighted by molar-refractivity contribution is 0.208. The van der Waals surface area contributed by atoms with Crippen LogP contribution >= 0.6 is 11.6 Å². The molecule has 0 aliphatic rings. The van der Waals surface area contributed by atoms with Gasteiger partial charge < -0.3 is 10.4 Å². The number of aliphatic hydroxyl groups excluding tert-OH is 1.